The van der Waals surface area contributed by atoms with E-state index >= 15 is 0 Å². The van der Waals surface area contributed by atoms with Crippen molar-refractivity contribution >= 4 is 11.6 Å². The number of hydrogen-bond acceptors (Lipinski definition) is 6. The summed E-state index contributed by atoms with van der Waals surface area (Å²) in [6, 6.07) is 16.6. The molecule has 0 saturated carbocycles. The highest BCUT2D eigenvalue weighted by molar-refractivity contribution is 5.79. The van der Waals surface area contributed by atoms with Crippen LogP contribution in [-0.4, -0.2) is 39.7 Å². The van der Waals surface area contributed by atoms with Crippen molar-refractivity contribution in [2.24, 2.45) is 0 Å². The maximum absolute atomic E-state index is 12.5. The van der Waals surface area contributed by atoms with Gasteiger partial charge in [0.2, 0.25) is 5.91 Å². The quantitative estimate of drug-likeness (QED) is 0.497. The molecule has 4 aromatic rings. The molecule has 0 spiro atoms. The summed E-state index contributed by atoms with van der Waals surface area (Å²) in [5.41, 5.74) is 3.27. The molecule has 2 heterocycles. The molecule has 0 bridgehead atoms. The first kappa shape index (κ1) is 20.3. The fourth-order valence-corrected chi connectivity index (χ4v) is 3.24. The largest absolute Gasteiger partial charge is 0.497 e. The number of methoxy groups -OCH3 is 2. The normalized spacial score (nSPS) is 11.8. The van der Waals surface area contributed by atoms with E-state index in [1.165, 1.54) is 0 Å². The standard InChI is InChI=1S/C23H23N5O3/c1-15(25-22(29)12-16-5-4-6-19(11-16)31-3)23-26-21-13-20(24-14-28(21)27-23)17-7-9-18(30-2)10-8-17/h4-11,13-15H,12H2,1-3H3,(H,25,29)/t15-/m1/s1. The summed E-state index contributed by atoms with van der Waals surface area (Å²) in [5.74, 6) is 1.91. The third-order valence-electron chi connectivity index (χ3n) is 4.90. The number of carbonyl (C=O) groups excluding carboxylic acids is 1. The number of rotatable bonds is 7. The zero-order chi connectivity index (χ0) is 21.8. The Kier molecular flexibility index (Phi) is 5.79. The number of amides is 1. The van der Waals surface area contributed by atoms with Gasteiger partial charge in [0.15, 0.2) is 11.5 Å². The maximum atomic E-state index is 12.5. The lowest BCUT2D eigenvalue weighted by atomic mass is 10.1. The number of nitrogens with one attached hydrogen (secondary N) is 1. The van der Waals surface area contributed by atoms with Gasteiger partial charge in [0, 0.05) is 11.6 Å². The predicted octanol–water partition coefficient (Wildman–Crippen LogP) is 3.23. The van der Waals surface area contributed by atoms with Crippen LogP contribution in [0.1, 0.15) is 24.4 Å². The topological polar surface area (TPSA) is 90.6 Å². The van der Waals surface area contributed by atoms with Gasteiger partial charge < -0.3 is 14.8 Å². The van der Waals surface area contributed by atoms with E-state index in [9.17, 15) is 4.79 Å². The first-order valence-electron chi connectivity index (χ1n) is 9.85. The van der Waals surface area contributed by atoms with Crippen molar-refractivity contribution < 1.29 is 14.3 Å². The number of aromatic nitrogens is 4. The fourth-order valence-electron chi connectivity index (χ4n) is 3.24. The smallest absolute Gasteiger partial charge is 0.225 e. The molecule has 0 aliphatic rings. The van der Waals surface area contributed by atoms with E-state index in [0.29, 0.717) is 11.5 Å². The van der Waals surface area contributed by atoms with Crippen LogP contribution in [0.15, 0.2) is 60.9 Å². The Bertz CT molecular complexity index is 1200. The van der Waals surface area contributed by atoms with Gasteiger partial charge in [-0.3, -0.25) is 4.79 Å². The number of fused-ring (bicyclic) bond motifs is 1. The molecule has 2 aromatic heterocycles. The Labute approximate surface area is 179 Å². The molecule has 0 radical (unpaired) electrons. The molecule has 0 aliphatic heterocycles. The van der Waals surface area contributed by atoms with Gasteiger partial charge in [-0.2, -0.15) is 0 Å². The van der Waals surface area contributed by atoms with Crippen LogP contribution in [0.2, 0.25) is 0 Å². The Balaban J connectivity index is 1.47. The molecule has 0 aliphatic carbocycles. The van der Waals surface area contributed by atoms with Crippen LogP contribution in [0.25, 0.3) is 16.9 Å². The fraction of sp³-hybridized carbons (Fsp3) is 0.217. The Hall–Kier alpha value is -3.94. The zero-order valence-electron chi connectivity index (χ0n) is 17.6. The average Bonchev–Trinajstić information content (AvgIpc) is 3.23. The third-order valence-corrected chi connectivity index (χ3v) is 4.90. The summed E-state index contributed by atoms with van der Waals surface area (Å²) in [7, 11) is 3.24. The lowest BCUT2D eigenvalue weighted by Crippen LogP contribution is -2.28. The van der Waals surface area contributed by atoms with E-state index in [-0.39, 0.29) is 18.4 Å². The van der Waals surface area contributed by atoms with Crippen LogP contribution in [0, 0.1) is 0 Å². The molecule has 0 saturated heterocycles. The minimum atomic E-state index is -0.345. The minimum Gasteiger partial charge on any atom is -0.497 e. The van der Waals surface area contributed by atoms with Crippen LogP contribution in [0.4, 0.5) is 0 Å². The highest BCUT2D eigenvalue weighted by Crippen LogP contribution is 2.22. The second-order valence-corrected chi connectivity index (χ2v) is 7.09. The van der Waals surface area contributed by atoms with Gasteiger partial charge in [-0.25, -0.2) is 14.5 Å². The molecule has 1 amide bonds. The summed E-state index contributed by atoms with van der Waals surface area (Å²) in [6.45, 7) is 1.86. The van der Waals surface area contributed by atoms with Gasteiger partial charge in [-0.05, 0) is 48.9 Å². The first-order valence-corrected chi connectivity index (χ1v) is 9.85. The Morgan fingerprint density at radius 3 is 2.58 bits per heavy atom. The van der Waals surface area contributed by atoms with Gasteiger partial charge in [-0.1, -0.05) is 12.1 Å². The summed E-state index contributed by atoms with van der Waals surface area (Å²) < 4.78 is 12.0. The number of nitrogens with zero attached hydrogens (tertiary/aromatic N) is 4. The number of benzene rings is 2. The number of hydrogen-bond donors (Lipinski definition) is 1. The summed E-state index contributed by atoms with van der Waals surface area (Å²) in [5, 5.41) is 7.40. The van der Waals surface area contributed by atoms with Gasteiger partial charge in [0.1, 0.15) is 17.8 Å². The molecule has 0 unspecified atom stereocenters. The summed E-state index contributed by atoms with van der Waals surface area (Å²) in [4.78, 5) is 21.5. The van der Waals surface area contributed by atoms with Crippen LogP contribution in [-0.2, 0) is 11.2 Å². The van der Waals surface area contributed by atoms with E-state index in [2.05, 4.69) is 20.4 Å². The van der Waals surface area contributed by atoms with Crippen LogP contribution in [0.5, 0.6) is 11.5 Å². The molecule has 8 nitrogen and oxygen atoms in total. The van der Waals surface area contributed by atoms with Gasteiger partial charge in [0.25, 0.3) is 0 Å². The maximum Gasteiger partial charge on any atom is 0.225 e. The SMILES string of the molecule is COc1ccc(-c2cc3nc([C@@H](C)NC(=O)Cc4cccc(OC)c4)nn3cn2)cc1. The highest BCUT2D eigenvalue weighted by atomic mass is 16.5. The van der Waals surface area contributed by atoms with Crippen molar-refractivity contribution in [3.05, 3.63) is 72.3 Å². The molecular formula is C23H23N5O3. The Morgan fingerprint density at radius 1 is 1.06 bits per heavy atom. The second kappa shape index (κ2) is 8.83. The lowest BCUT2D eigenvalue weighted by molar-refractivity contribution is -0.121. The predicted molar refractivity (Wildman–Crippen MR) is 116 cm³/mol. The third kappa shape index (κ3) is 4.63. The van der Waals surface area contributed by atoms with E-state index < -0.39 is 0 Å². The van der Waals surface area contributed by atoms with Crippen LogP contribution < -0.4 is 14.8 Å². The summed E-state index contributed by atoms with van der Waals surface area (Å²) in [6.07, 6.45) is 1.87. The number of ether oxygens (including phenoxy) is 2. The zero-order valence-corrected chi connectivity index (χ0v) is 17.6. The van der Waals surface area contributed by atoms with Crippen molar-refractivity contribution in [1.29, 1.82) is 0 Å². The number of carbonyl (C=O) groups is 1. The van der Waals surface area contributed by atoms with E-state index in [1.54, 1.807) is 25.1 Å². The van der Waals surface area contributed by atoms with E-state index in [0.717, 1.165) is 28.3 Å². The minimum absolute atomic E-state index is 0.114. The van der Waals surface area contributed by atoms with E-state index in [4.69, 9.17) is 9.47 Å². The van der Waals surface area contributed by atoms with Crippen LogP contribution >= 0.6 is 0 Å². The van der Waals surface area contributed by atoms with Gasteiger partial charge >= 0.3 is 0 Å². The molecule has 8 heteroatoms. The second-order valence-electron chi connectivity index (χ2n) is 7.09. The molecule has 1 atom stereocenters. The van der Waals surface area contributed by atoms with Crippen molar-refractivity contribution in [3.8, 4) is 22.8 Å². The van der Waals surface area contributed by atoms with E-state index in [1.807, 2.05) is 61.5 Å². The highest BCUT2D eigenvalue weighted by Gasteiger charge is 2.16. The lowest BCUT2D eigenvalue weighted by Gasteiger charge is -2.10. The van der Waals surface area contributed by atoms with Crippen molar-refractivity contribution in [2.75, 3.05) is 14.2 Å². The Morgan fingerprint density at radius 2 is 1.84 bits per heavy atom. The molecule has 31 heavy (non-hydrogen) atoms. The molecular weight excluding hydrogens is 394 g/mol. The molecule has 0 fully saturated rings. The van der Waals surface area contributed by atoms with Crippen molar-refractivity contribution in [3.63, 3.8) is 0 Å². The summed E-state index contributed by atoms with van der Waals surface area (Å²) >= 11 is 0. The van der Waals surface area contributed by atoms with Crippen molar-refractivity contribution in [1.82, 2.24) is 24.9 Å². The molecule has 4 rings (SSSR count). The van der Waals surface area contributed by atoms with Gasteiger partial charge in [-0.15, -0.1) is 5.10 Å². The van der Waals surface area contributed by atoms with Crippen molar-refractivity contribution in [2.45, 2.75) is 19.4 Å². The monoisotopic (exact) mass is 417 g/mol. The first-order chi connectivity index (χ1) is 15.1. The van der Waals surface area contributed by atoms with Crippen LogP contribution in [0.3, 0.4) is 0 Å². The molecule has 1 N–H and O–H groups in total. The van der Waals surface area contributed by atoms with Gasteiger partial charge in [0.05, 0.1) is 32.4 Å². The molecule has 2 aromatic carbocycles. The average molecular weight is 417 g/mol. The molecule has 158 valence electrons.